The summed E-state index contributed by atoms with van der Waals surface area (Å²) in [5.74, 6) is 0.0747. The minimum absolute atomic E-state index is 0.469. The molecule has 3 rings (SSSR count). The Labute approximate surface area is 90.8 Å². The summed E-state index contributed by atoms with van der Waals surface area (Å²) in [5, 5.41) is 8.76. The van der Waals surface area contributed by atoms with Crippen LogP contribution in [0.25, 0.3) is 0 Å². The predicted molar refractivity (Wildman–Crippen MR) is 58.7 cm³/mol. The van der Waals surface area contributed by atoms with Crippen molar-refractivity contribution < 1.29 is 9.90 Å². The highest BCUT2D eigenvalue weighted by molar-refractivity contribution is 5.85. The largest absolute Gasteiger partial charge is 0.478 e. The molecule has 2 bridgehead atoms. The molecule has 2 aliphatic heterocycles. The Morgan fingerprint density at radius 2 is 2.07 bits per heavy atom. The molecule has 3 heteroatoms. The highest BCUT2D eigenvalue weighted by Crippen LogP contribution is 2.34. The van der Waals surface area contributed by atoms with Crippen molar-refractivity contribution in [2.24, 2.45) is 5.92 Å². The fraction of sp³-hybridized carbons (Fsp3) is 0.750. The zero-order valence-corrected chi connectivity index (χ0v) is 9.28. The van der Waals surface area contributed by atoms with Crippen molar-refractivity contribution in [3.05, 3.63) is 11.6 Å². The first-order chi connectivity index (χ1) is 7.16. The van der Waals surface area contributed by atoms with Crippen LogP contribution in [0, 0.1) is 5.92 Å². The van der Waals surface area contributed by atoms with E-state index in [1.807, 2.05) is 6.08 Å². The van der Waals surface area contributed by atoms with Gasteiger partial charge in [0.2, 0.25) is 0 Å². The summed E-state index contributed by atoms with van der Waals surface area (Å²) in [5.41, 5.74) is 0.469. The fourth-order valence-electron chi connectivity index (χ4n) is 2.74. The average molecular weight is 209 g/mol. The summed E-state index contributed by atoms with van der Waals surface area (Å²) >= 11 is 0. The number of hydrogen-bond acceptors (Lipinski definition) is 2. The molecule has 3 aliphatic rings. The molecule has 2 saturated heterocycles. The smallest absolute Gasteiger partial charge is 0.330 e. The van der Waals surface area contributed by atoms with Crippen molar-refractivity contribution in [1.82, 2.24) is 4.90 Å². The lowest BCUT2D eigenvalue weighted by atomic mass is 9.80. The molecule has 1 saturated carbocycles. The summed E-state index contributed by atoms with van der Waals surface area (Å²) in [6.45, 7) is 3.66. The molecule has 2 heterocycles. The zero-order valence-electron chi connectivity index (χ0n) is 9.28. The lowest BCUT2D eigenvalue weighted by Gasteiger charge is -2.45. The zero-order chi connectivity index (χ0) is 10.8. The molecule has 0 radical (unpaired) electrons. The van der Waals surface area contributed by atoms with Crippen LogP contribution in [-0.2, 0) is 4.79 Å². The Kier molecular flexibility index (Phi) is 3.10. The van der Waals surface area contributed by atoms with Crippen LogP contribution < -0.4 is 0 Å². The number of aliphatic carboxylic acids is 1. The maximum Gasteiger partial charge on any atom is 0.330 e. The monoisotopic (exact) mass is 209 g/mol. The molecular weight excluding hydrogens is 190 g/mol. The first kappa shape index (κ1) is 10.7. The van der Waals surface area contributed by atoms with E-state index in [0.29, 0.717) is 11.6 Å². The molecule has 0 amide bonds. The molecular formula is C12H19NO2. The molecule has 0 aromatic carbocycles. The van der Waals surface area contributed by atoms with Crippen molar-refractivity contribution in [2.45, 2.75) is 38.6 Å². The topological polar surface area (TPSA) is 40.5 Å². The number of hydrogen-bond donors (Lipinski definition) is 1. The number of piperidine rings is 2. The van der Waals surface area contributed by atoms with E-state index in [4.69, 9.17) is 5.11 Å². The van der Waals surface area contributed by atoms with E-state index in [-0.39, 0.29) is 0 Å². The lowest BCUT2D eigenvalue weighted by molar-refractivity contribution is -0.132. The third-order valence-corrected chi connectivity index (χ3v) is 3.79. The maximum atomic E-state index is 10.6. The van der Waals surface area contributed by atoms with E-state index < -0.39 is 5.97 Å². The quantitative estimate of drug-likeness (QED) is 0.722. The maximum absolute atomic E-state index is 10.6. The number of carbonyl (C=O) groups is 1. The molecule has 15 heavy (non-hydrogen) atoms. The van der Waals surface area contributed by atoms with Gasteiger partial charge >= 0.3 is 5.97 Å². The van der Waals surface area contributed by atoms with Crippen LogP contribution >= 0.6 is 0 Å². The Morgan fingerprint density at radius 3 is 2.53 bits per heavy atom. The third-order valence-electron chi connectivity index (χ3n) is 3.79. The molecule has 0 spiro atoms. The van der Waals surface area contributed by atoms with E-state index in [9.17, 15) is 4.79 Å². The van der Waals surface area contributed by atoms with Gasteiger partial charge in [0, 0.05) is 24.7 Å². The van der Waals surface area contributed by atoms with Gasteiger partial charge in [0.15, 0.2) is 0 Å². The Bertz CT molecular complexity index is 277. The Hall–Kier alpha value is -0.830. The van der Waals surface area contributed by atoms with Gasteiger partial charge in [-0.3, -0.25) is 4.90 Å². The predicted octanol–water partition coefficient (Wildman–Crippen LogP) is 1.89. The van der Waals surface area contributed by atoms with Crippen molar-refractivity contribution >= 4 is 5.97 Å². The van der Waals surface area contributed by atoms with Gasteiger partial charge in [-0.2, -0.15) is 0 Å². The minimum atomic E-state index is -0.794. The second-order valence-electron chi connectivity index (χ2n) is 4.82. The molecule has 3 nitrogen and oxygen atoms in total. The van der Waals surface area contributed by atoms with Crippen LogP contribution in [0.4, 0.5) is 0 Å². The van der Waals surface area contributed by atoms with Gasteiger partial charge in [0.05, 0.1) is 0 Å². The molecule has 0 aromatic rings. The van der Waals surface area contributed by atoms with Crippen LogP contribution in [-0.4, -0.2) is 35.1 Å². The SMILES string of the molecule is C/C(=C\CN1CC2CCC1CC2)C(=O)O. The second-order valence-corrected chi connectivity index (χ2v) is 4.82. The van der Waals surface area contributed by atoms with Crippen molar-refractivity contribution in [1.29, 1.82) is 0 Å². The number of fused-ring (bicyclic) bond motifs is 3. The number of rotatable bonds is 3. The minimum Gasteiger partial charge on any atom is -0.478 e. The standard InChI is InChI=1S/C12H19NO2/c1-9(12(14)15)6-7-13-8-10-2-4-11(13)5-3-10/h6,10-11H,2-5,7-8H2,1H3,(H,14,15)/b9-6+. The van der Waals surface area contributed by atoms with E-state index in [2.05, 4.69) is 4.90 Å². The van der Waals surface area contributed by atoms with Crippen LogP contribution in [0.3, 0.4) is 0 Å². The van der Waals surface area contributed by atoms with Gasteiger partial charge in [0.1, 0.15) is 0 Å². The van der Waals surface area contributed by atoms with Gasteiger partial charge < -0.3 is 5.11 Å². The van der Waals surface area contributed by atoms with Gasteiger partial charge in [-0.1, -0.05) is 6.08 Å². The molecule has 1 N–H and O–H groups in total. The van der Waals surface area contributed by atoms with Gasteiger partial charge in [-0.05, 0) is 38.5 Å². The van der Waals surface area contributed by atoms with E-state index in [1.165, 1.54) is 32.2 Å². The number of carboxylic acid groups (broad SMARTS) is 1. The van der Waals surface area contributed by atoms with Gasteiger partial charge in [-0.25, -0.2) is 4.79 Å². The molecule has 0 unspecified atom stereocenters. The number of carboxylic acids is 1. The normalized spacial score (nSPS) is 31.9. The van der Waals surface area contributed by atoms with E-state index >= 15 is 0 Å². The molecule has 0 atom stereocenters. The first-order valence-electron chi connectivity index (χ1n) is 5.81. The summed E-state index contributed by atoms with van der Waals surface area (Å²) < 4.78 is 0. The second kappa shape index (κ2) is 4.35. The molecule has 3 fully saturated rings. The van der Waals surface area contributed by atoms with Crippen LogP contribution in [0.15, 0.2) is 11.6 Å². The van der Waals surface area contributed by atoms with Crippen molar-refractivity contribution in [3.8, 4) is 0 Å². The van der Waals surface area contributed by atoms with Gasteiger partial charge in [0.25, 0.3) is 0 Å². The van der Waals surface area contributed by atoms with Crippen LogP contribution in [0.1, 0.15) is 32.6 Å². The van der Waals surface area contributed by atoms with E-state index in [1.54, 1.807) is 6.92 Å². The molecule has 84 valence electrons. The van der Waals surface area contributed by atoms with Gasteiger partial charge in [-0.15, -0.1) is 0 Å². The van der Waals surface area contributed by atoms with Crippen molar-refractivity contribution in [3.63, 3.8) is 0 Å². The summed E-state index contributed by atoms with van der Waals surface area (Å²) in [7, 11) is 0. The highest BCUT2D eigenvalue weighted by Gasteiger charge is 2.32. The fourth-order valence-corrected chi connectivity index (χ4v) is 2.74. The summed E-state index contributed by atoms with van der Waals surface area (Å²) in [6, 6.07) is 0.716. The van der Waals surface area contributed by atoms with E-state index in [0.717, 1.165) is 12.5 Å². The molecule has 0 aromatic heterocycles. The molecule has 1 aliphatic carbocycles. The van der Waals surface area contributed by atoms with Crippen molar-refractivity contribution in [2.75, 3.05) is 13.1 Å². The highest BCUT2D eigenvalue weighted by atomic mass is 16.4. The number of nitrogens with zero attached hydrogens (tertiary/aromatic N) is 1. The van der Waals surface area contributed by atoms with Crippen LogP contribution in [0.2, 0.25) is 0 Å². The third kappa shape index (κ3) is 2.40. The first-order valence-corrected chi connectivity index (χ1v) is 5.81. The lowest BCUT2D eigenvalue weighted by Crippen LogP contribution is -2.47. The summed E-state index contributed by atoms with van der Waals surface area (Å²) in [6.07, 6.45) is 7.23. The Balaban J connectivity index is 1.90. The Morgan fingerprint density at radius 1 is 1.40 bits per heavy atom. The van der Waals surface area contributed by atoms with Crippen LogP contribution in [0.5, 0.6) is 0 Å². The summed E-state index contributed by atoms with van der Waals surface area (Å²) in [4.78, 5) is 13.1. The average Bonchev–Trinajstić information content (AvgIpc) is 2.27.